The number of aromatic hydroxyl groups is 1. The fraction of sp³-hybridized carbons (Fsp3) is 0.440. The Bertz CT molecular complexity index is 1250. The van der Waals surface area contributed by atoms with Crippen LogP contribution in [0.4, 0.5) is 5.69 Å². The van der Waals surface area contributed by atoms with Gasteiger partial charge in [0.2, 0.25) is 5.88 Å². The number of amides is 1. The number of hydrogen-bond donors (Lipinski definition) is 1. The molecular formula is C25H28BrN5O2. The highest BCUT2D eigenvalue weighted by Crippen LogP contribution is 2.53. The highest BCUT2D eigenvalue weighted by Gasteiger charge is 2.49. The van der Waals surface area contributed by atoms with E-state index in [0.717, 1.165) is 28.3 Å². The largest absolute Gasteiger partial charge is 0.493 e. The molecule has 8 heteroatoms. The summed E-state index contributed by atoms with van der Waals surface area (Å²) < 4.78 is 2.76. The summed E-state index contributed by atoms with van der Waals surface area (Å²) in [7, 11) is 0. The molecule has 1 saturated heterocycles. The first-order chi connectivity index (χ1) is 15.6. The molecule has 2 bridgehead atoms. The number of azo groups is 1. The first-order valence-electron chi connectivity index (χ1n) is 11.3. The molecule has 2 aromatic heterocycles. The standard InChI is InChI=1S/C25H28BrN5O2/c1-24(2)11-18-12-25(3,13-24)14-30(18)15-31-20-5-4-17(26)10-19(20)21(23(31)33)28-29-22(32)16-6-8-27-9-7-16/h4-10,18,33H,11-15H2,1-3H3/t18-,25-/m1/s1. The molecule has 7 nitrogen and oxygen atoms in total. The number of nitrogens with zero attached hydrogens (tertiary/aromatic N) is 5. The summed E-state index contributed by atoms with van der Waals surface area (Å²) >= 11 is 3.51. The third kappa shape index (κ3) is 4.22. The zero-order valence-electron chi connectivity index (χ0n) is 19.1. The normalized spacial score (nSPS) is 24.7. The van der Waals surface area contributed by atoms with Gasteiger partial charge in [-0.1, -0.05) is 36.7 Å². The molecule has 5 rings (SSSR count). The second-order valence-corrected chi connectivity index (χ2v) is 11.5. The van der Waals surface area contributed by atoms with Crippen molar-refractivity contribution in [2.45, 2.75) is 52.7 Å². The fourth-order valence-electron chi connectivity index (χ4n) is 6.11. The minimum absolute atomic E-state index is 0.0280. The monoisotopic (exact) mass is 509 g/mol. The molecule has 172 valence electrons. The van der Waals surface area contributed by atoms with Crippen molar-refractivity contribution in [1.82, 2.24) is 14.5 Å². The molecule has 1 N–H and O–H groups in total. The predicted molar refractivity (Wildman–Crippen MR) is 131 cm³/mol. The third-order valence-electron chi connectivity index (χ3n) is 6.99. The Morgan fingerprint density at radius 1 is 1.21 bits per heavy atom. The Kier molecular flexibility index (Phi) is 5.40. The lowest BCUT2D eigenvalue weighted by molar-refractivity contribution is 0.0995. The van der Waals surface area contributed by atoms with Crippen LogP contribution in [0.25, 0.3) is 10.9 Å². The van der Waals surface area contributed by atoms with Crippen molar-refractivity contribution in [3.05, 3.63) is 52.8 Å². The zero-order chi connectivity index (χ0) is 23.4. The summed E-state index contributed by atoms with van der Waals surface area (Å²) in [5, 5.41) is 20.0. The molecule has 2 aliphatic rings. The van der Waals surface area contributed by atoms with Gasteiger partial charge in [0.15, 0.2) is 5.69 Å². The lowest BCUT2D eigenvalue weighted by atomic mass is 9.65. The fourth-order valence-corrected chi connectivity index (χ4v) is 6.47. The minimum atomic E-state index is -0.476. The second kappa shape index (κ2) is 8.02. The number of aromatic nitrogens is 2. The molecule has 0 radical (unpaired) electrons. The molecule has 3 heterocycles. The van der Waals surface area contributed by atoms with Crippen molar-refractivity contribution < 1.29 is 9.90 Å². The van der Waals surface area contributed by atoms with E-state index in [-0.39, 0.29) is 5.88 Å². The number of rotatable bonds is 4. The lowest BCUT2D eigenvalue weighted by Crippen LogP contribution is -2.35. The van der Waals surface area contributed by atoms with Crippen molar-refractivity contribution >= 4 is 38.4 Å². The smallest absolute Gasteiger partial charge is 0.295 e. The van der Waals surface area contributed by atoms with Gasteiger partial charge in [0, 0.05) is 40.4 Å². The van der Waals surface area contributed by atoms with Crippen LogP contribution in [-0.4, -0.2) is 38.1 Å². The molecule has 33 heavy (non-hydrogen) atoms. The maximum absolute atomic E-state index is 12.4. The van der Waals surface area contributed by atoms with Gasteiger partial charge in [-0.25, -0.2) is 0 Å². The minimum Gasteiger partial charge on any atom is -0.493 e. The highest BCUT2D eigenvalue weighted by atomic mass is 79.9. The summed E-state index contributed by atoms with van der Waals surface area (Å²) in [6.45, 7) is 8.69. The summed E-state index contributed by atoms with van der Waals surface area (Å²) in [6.07, 6.45) is 6.64. The topological polar surface area (TPSA) is 83.1 Å². The third-order valence-corrected chi connectivity index (χ3v) is 7.48. The Hall–Kier alpha value is -2.58. The van der Waals surface area contributed by atoms with Crippen LogP contribution in [0.1, 0.15) is 50.4 Å². The van der Waals surface area contributed by atoms with E-state index in [9.17, 15) is 9.90 Å². The van der Waals surface area contributed by atoms with Crippen molar-refractivity contribution in [3.63, 3.8) is 0 Å². The highest BCUT2D eigenvalue weighted by molar-refractivity contribution is 9.10. The molecular weight excluding hydrogens is 482 g/mol. The van der Waals surface area contributed by atoms with Crippen LogP contribution >= 0.6 is 15.9 Å². The molecule has 3 aromatic rings. The van der Waals surface area contributed by atoms with Crippen LogP contribution in [0.5, 0.6) is 5.88 Å². The van der Waals surface area contributed by atoms with Crippen LogP contribution in [-0.2, 0) is 6.67 Å². The number of pyridine rings is 1. The van der Waals surface area contributed by atoms with Crippen LogP contribution in [0.2, 0.25) is 0 Å². The van der Waals surface area contributed by atoms with E-state index >= 15 is 0 Å². The van der Waals surface area contributed by atoms with Crippen LogP contribution in [0.3, 0.4) is 0 Å². The first kappa shape index (κ1) is 22.2. The van der Waals surface area contributed by atoms with Crippen LogP contribution in [0.15, 0.2) is 57.4 Å². The molecule has 2 atom stereocenters. The first-order valence-corrected chi connectivity index (χ1v) is 12.0. The van der Waals surface area contributed by atoms with Gasteiger partial charge in [-0.3, -0.25) is 19.2 Å². The summed E-state index contributed by atoms with van der Waals surface area (Å²) in [5.74, 6) is -0.448. The van der Waals surface area contributed by atoms with E-state index in [1.54, 1.807) is 12.1 Å². The van der Waals surface area contributed by atoms with E-state index in [2.05, 4.69) is 56.8 Å². The molecule has 1 aliphatic carbocycles. The van der Waals surface area contributed by atoms with E-state index in [0.29, 0.717) is 34.8 Å². The maximum atomic E-state index is 12.4. The van der Waals surface area contributed by atoms with Gasteiger partial charge in [-0.2, -0.15) is 0 Å². The molecule has 1 saturated carbocycles. The molecule has 2 fully saturated rings. The zero-order valence-corrected chi connectivity index (χ0v) is 20.7. The number of carbonyl (C=O) groups is 1. The number of fused-ring (bicyclic) bond motifs is 3. The van der Waals surface area contributed by atoms with Crippen molar-refractivity contribution in [2.75, 3.05) is 6.54 Å². The van der Waals surface area contributed by atoms with E-state index in [4.69, 9.17) is 0 Å². The van der Waals surface area contributed by atoms with Gasteiger partial charge in [-0.15, -0.1) is 10.2 Å². The average Bonchev–Trinajstić information content (AvgIpc) is 3.15. The Labute approximate surface area is 201 Å². The van der Waals surface area contributed by atoms with Crippen LogP contribution in [0, 0.1) is 10.8 Å². The van der Waals surface area contributed by atoms with Gasteiger partial charge < -0.3 is 5.11 Å². The number of carbonyl (C=O) groups excluding carboxylic acids is 1. The Morgan fingerprint density at radius 3 is 2.73 bits per heavy atom. The maximum Gasteiger partial charge on any atom is 0.295 e. The number of hydrogen-bond acceptors (Lipinski definition) is 5. The number of likely N-dealkylation sites (tertiary alicyclic amines) is 1. The quantitative estimate of drug-likeness (QED) is 0.419. The van der Waals surface area contributed by atoms with E-state index in [1.165, 1.54) is 25.2 Å². The van der Waals surface area contributed by atoms with E-state index in [1.807, 2.05) is 22.8 Å². The van der Waals surface area contributed by atoms with Gasteiger partial charge in [0.1, 0.15) is 0 Å². The van der Waals surface area contributed by atoms with Crippen molar-refractivity contribution in [1.29, 1.82) is 0 Å². The second-order valence-electron chi connectivity index (χ2n) is 10.6. The number of halogens is 1. The summed E-state index contributed by atoms with van der Waals surface area (Å²) in [5.41, 5.74) is 2.20. The van der Waals surface area contributed by atoms with Crippen molar-refractivity contribution in [2.24, 2.45) is 21.1 Å². The molecule has 1 aromatic carbocycles. The lowest BCUT2D eigenvalue weighted by Gasteiger charge is -2.40. The average molecular weight is 510 g/mol. The van der Waals surface area contributed by atoms with Gasteiger partial charge in [-0.05, 0) is 60.4 Å². The predicted octanol–water partition coefficient (Wildman–Crippen LogP) is 6.29. The summed E-state index contributed by atoms with van der Waals surface area (Å²) in [6, 6.07) is 9.50. The summed E-state index contributed by atoms with van der Waals surface area (Å²) in [4.78, 5) is 18.9. The Balaban J connectivity index is 1.50. The van der Waals surface area contributed by atoms with E-state index < -0.39 is 5.91 Å². The van der Waals surface area contributed by atoms with Crippen LogP contribution < -0.4 is 0 Å². The molecule has 0 unspecified atom stereocenters. The molecule has 0 spiro atoms. The SMILES string of the molecule is CC1(C)C[C@@H]2C[C@@](C)(CN2Cn2c(O)c(N=NC(=O)c3ccncc3)c3cc(Br)ccc32)C1. The Morgan fingerprint density at radius 2 is 1.97 bits per heavy atom. The molecule has 1 aliphatic heterocycles. The van der Waals surface area contributed by atoms with Gasteiger partial charge in [0.25, 0.3) is 5.91 Å². The molecule has 1 amide bonds. The van der Waals surface area contributed by atoms with Crippen molar-refractivity contribution in [3.8, 4) is 5.88 Å². The number of benzene rings is 1. The van der Waals surface area contributed by atoms with Gasteiger partial charge >= 0.3 is 0 Å². The van der Waals surface area contributed by atoms with Gasteiger partial charge in [0.05, 0.1) is 12.2 Å².